The Morgan fingerprint density at radius 2 is 2.14 bits per heavy atom. The maximum atomic E-state index is 12.7. The Morgan fingerprint density at radius 3 is 2.71 bits per heavy atom. The number of aliphatic carboxylic acids is 1. The van der Waals surface area contributed by atoms with Gasteiger partial charge in [0.2, 0.25) is 0 Å². The fourth-order valence-corrected chi connectivity index (χ4v) is 2.96. The average Bonchev–Trinajstić information content (AvgIpc) is 2.69. The van der Waals surface area contributed by atoms with Crippen LogP contribution < -0.4 is 4.74 Å². The lowest BCUT2D eigenvalue weighted by molar-refractivity contribution is -0.139. The molecule has 0 aliphatic carbocycles. The van der Waals surface area contributed by atoms with E-state index in [4.69, 9.17) is 9.84 Å². The molecule has 1 atom stereocenters. The van der Waals surface area contributed by atoms with Crippen LogP contribution in [-0.2, 0) is 4.79 Å². The molecule has 0 spiro atoms. The van der Waals surface area contributed by atoms with Gasteiger partial charge in [0.1, 0.15) is 5.75 Å². The number of likely N-dealkylation sites (tertiary alicyclic amines) is 1. The Kier molecular flexibility index (Phi) is 4.21. The Labute approximate surface area is 124 Å². The second kappa shape index (κ2) is 5.76. The van der Waals surface area contributed by atoms with E-state index in [9.17, 15) is 9.59 Å². The quantitative estimate of drug-likeness (QED) is 0.925. The number of amides is 1. The lowest BCUT2D eigenvalue weighted by Crippen LogP contribution is -2.42. The number of rotatable bonds is 4. The van der Waals surface area contributed by atoms with Crippen LogP contribution in [0.1, 0.15) is 37.6 Å². The summed E-state index contributed by atoms with van der Waals surface area (Å²) in [5.41, 5.74) is 0.370. The third-order valence-electron chi connectivity index (χ3n) is 3.76. The van der Waals surface area contributed by atoms with Gasteiger partial charge >= 0.3 is 5.97 Å². The summed E-state index contributed by atoms with van der Waals surface area (Å²) in [5.74, 6) is -0.199. The zero-order valence-corrected chi connectivity index (χ0v) is 12.6. The highest BCUT2D eigenvalue weighted by atomic mass is 16.5. The maximum Gasteiger partial charge on any atom is 0.341 e. The molecule has 1 aliphatic heterocycles. The van der Waals surface area contributed by atoms with E-state index in [1.807, 2.05) is 4.90 Å². The largest absolute Gasteiger partial charge is 0.482 e. The highest BCUT2D eigenvalue weighted by molar-refractivity contribution is 5.95. The number of carboxylic acids is 1. The maximum absolute atomic E-state index is 12.7. The summed E-state index contributed by atoms with van der Waals surface area (Å²) in [7, 11) is 0. The van der Waals surface area contributed by atoms with Crippen molar-refractivity contribution in [2.24, 2.45) is 5.92 Å². The van der Waals surface area contributed by atoms with Crippen LogP contribution in [0.15, 0.2) is 24.3 Å². The molecule has 5 heteroatoms. The third kappa shape index (κ3) is 3.54. The molecular formula is C16H21NO4. The van der Waals surface area contributed by atoms with Gasteiger partial charge in [-0.1, -0.05) is 13.0 Å². The number of nitrogens with zero attached hydrogens (tertiary/aromatic N) is 1. The van der Waals surface area contributed by atoms with Crippen molar-refractivity contribution >= 4 is 11.9 Å². The first-order chi connectivity index (χ1) is 9.79. The molecule has 1 heterocycles. The predicted molar refractivity (Wildman–Crippen MR) is 78.5 cm³/mol. The number of carbonyl (C=O) groups excluding carboxylic acids is 1. The summed E-state index contributed by atoms with van der Waals surface area (Å²) in [6.07, 6.45) is 0.980. The van der Waals surface area contributed by atoms with Crippen LogP contribution in [0.4, 0.5) is 0 Å². The predicted octanol–water partition coefficient (Wildman–Crippen LogP) is 2.41. The summed E-state index contributed by atoms with van der Waals surface area (Å²) in [6.45, 7) is 6.61. The minimum Gasteiger partial charge on any atom is -0.482 e. The van der Waals surface area contributed by atoms with Gasteiger partial charge in [0.15, 0.2) is 6.61 Å². The van der Waals surface area contributed by atoms with Crippen LogP contribution in [0.2, 0.25) is 0 Å². The molecule has 1 saturated heterocycles. The number of carboxylic acid groups (broad SMARTS) is 1. The number of hydrogen-bond acceptors (Lipinski definition) is 3. The fraction of sp³-hybridized carbons (Fsp3) is 0.500. The first-order valence-electron chi connectivity index (χ1n) is 7.06. The molecule has 1 aromatic carbocycles. The van der Waals surface area contributed by atoms with Crippen molar-refractivity contribution < 1.29 is 19.4 Å². The zero-order chi connectivity index (χ0) is 15.6. The monoisotopic (exact) mass is 291 g/mol. The zero-order valence-electron chi connectivity index (χ0n) is 12.6. The molecule has 1 aliphatic rings. The number of benzene rings is 1. The van der Waals surface area contributed by atoms with Crippen molar-refractivity contribution in [1.29, 1.82) is 0 Å². The molecule has 0 bridgehead atoms. The van der Waals surface area contributed by atoms with E-state index in [1.54, 1.807) is 24.3 Å². The molecule has 0 saturated carbocycles. The second-order valence-corrected chi connectivity index (χ2v) is 6.25. The first kappa shape index (κ1) is 15.4. The van der Waals surface area contributed by atoms with Crippen LogP contribution >= 0.6 is 0 Å². The van der Waals surface area contributed by atoms with Gasteiger partial charge in [0, 0.05) is 17.6 Å². The minimum absolute atomic E-state index is 0.0369. The van der Waals surface area contributed by atoms with Crippen LogP contribution in [0.25, 0.3) is 0 Å². The van der Waals surface area contributed by atoms with Crippen molar-refractivity contribution in [2.75, 3.05) is 13.2 Å². The summed E-state index contributed by atoms with van der Waals surface area (Å²) in [4.78, 5) is 25.1. The number of ether oxygens (including phenoxy) is 1. The van der Waals surface area contributed by atoms with E-state index in [2.05, 4.69) is 20.8 Å². The van der Waals surface area contributed by atoms with E-state index in [0.717, 1.165) is 13.0 Å². The van der Waals surface area contributed by atoms with E-state index in [-0.39, 0.29) is 11.4 Å². The van der Waals surface area contributed by atoms with Crippen molar-refractivity contribution in [2.45, 2.75) is 32.7 Å². The third-order valence-corrected chi connectivity index (χ3v) is 3.76. The van der Waals surface area contributed by atoms with Gasteiger partial charge in [0.05, 0.1) is 0 Å². The van der Waals surface area contributed by atoms with Crippen LogP contribution in [-0.4, -0.2) is 40.6 Å². The van der Waals surface area contributed by atoms with Gasteiger partial charge in [-0.25, -0.2) is 4.79 Å². The minimum atomic E-state index is -1.04. The van der Waals surface area contributed by atoms with Crippen molar-refractivity contribution in [3.63, 3.8) is 0 Å². The van der Waals surface area contributed by atoms with Crippen molar-refractivity contribution in [3.05, 3.63) is 29.8 Å². The summed E-state index contributed by atoms with van der Waals surface area (Å²) in [6, 6.07) is 6.69. The van der Waals surface area contributed by atoms with Crippen LogP contribution in [0, 0.1) is 5.92 Å². The molecule has 1 unspecified atom stereocenters. The van der Waals surface area contributed by atoms with Gasteiger partial charge in [-0.2, -0.15) is 0 Å². The summed E-state index contributed by atoms with van der Waals surface area (Å²) in [5, 5.41) is 8.62. The Balaban J connectivity index is 2.16. The molecule has 21 heavy (non-hydrogen) atoms. The van der Waals surface area contributed by atoms with Gasteiger partial charge in [0.25, 0.3) is 5.91 Å². The highest BCUT2D eigenvalue weighted by Gasteiger charge is 2.39. The van der Waals surface area contributed by atoms with Crippen LogP contribution in [0.3, 0.4) is 0 Å². The summed E-state index contributed by atoms with van der Waals surface area (Å²) >= 11 is 0. The highest BCUT2D eigenvalue weighted by Crippen LogP contribution is 2.33. The average molecular weight is 291 g/mol. The number of hydrogen-bond donors (Lipinski definition) is 1. The van der Waals surface area contributed by atoms with Crippen molar-refractivity contribution in [1.82, 2.24) is 4.90 Å². The topological polar surface area (TPSA) is 66.8 Å². The van der Waals surface area contributed by atoms with E-state index in [0.29, 0.717) is 17.2 Å². The smallest absolute Gasteiger partial charge is 0.341 e. The van der Waals surface area contributed by atoms with Gasteiger partial charge in [-0.3, -0.25) is 4.79 Å². The molecule has 0 radical (unpaired) electrons. The standard InChI is InChI=1S/C16H21NO4/c1-11-8-16(2,3)17(9-11)15(20)12-5-4-6-13(7-12)21-10-14(18)19/h4-7,11H,8-10H2,1-3H3,(H,18,19). The molecule has 1 aromatic rings. The Morgan fingerprint density at radius 1 is 1.43 bits per heavy atom. The Bertz CT molecular complexity index is 553. The molecule has 0 aromatic heterocycles. The van der Waals surface area contributed by atoms with Crippen LogP contribution in [0.5, 0.6) is 5.75 Å². The van der Waals surface area contributed by atoms with Gasteiger partial charge < -0.3 is 14.7 Å². The molecule has 1 amide bonds. The fourth-order valence-electron chi connectivity index (χ4n) is 2.96. The van der Waals surface area contributed by atoms with E-state index in [1.165, 1.54) is 0 Å². The molecule has 2 rings (SSSR count). The molecule has 5 nitrogen and oxygen atoms in total. The molecule has 1 fully saturated rings. The summed E-state index contributed by atoms with van der Waals surface area (Å²) < 4.78 is 5.12. The second-order valence-electron chi connectivity index (χ2n) is 6.25. The number of carbonyl (C=O) groups is 2. The van der Waals surface area contributed by atoms with E-state index < -0.39 is 12.6 Å². The first-order valence-corrected chi connectivity index (χ1v) is 7.06. The van der Waals surface area contributed by atoms with E-state index >= 15 is 0 Å². The SMILES string of the molecule is CC1CN(C(=O)c2cccc(OCC(=O)O)c2)C(C)(C)C1. The molecule has 1 N–H and O–H groups in total. The lowest BCUT2D eigenvalue weighted by Gasteiger charge is -2.31. The Hall–Kier alpha value is -2.04. The normalized spacial score (nSPS) is 20.3. The van der Waals surface area contributed by atoms with Crippen molar-refractivity contribution in [3.8, 4) is 5.75 Å². The molecule has 114 valence electrons. The van der Waals surface area contributed by atoms with Gasteiger partial charge in [-0.15, -0.1) is 0 Å². The van der Waals surface area contributed by atoms with Gasteiger partial charge in [-0.05, 0) is 44.4 Å². The molecular weight excluding hydrogens is 270 g/mol. The lowest BCUT2D eigenvalue weighted by atomic mass is 9.97.